The lowest BCUT2D eigenvalue weighted by molar-refractivity contribution is 0.261. The average Bonchev–Trinajstić information content (AvgIpc) is 3.17. The molecule has 2 aromatic carbocycles. The number of allylic oxidation sites excluding steroid dienone is 3. The summed E-state index contributed by atoms with van der Waals surface area (Å²) in [5.41, 5.74) is 0.668. The lowest BCUT2D eigenvalue weighted by Crippen LogP contribution is -2.26. The summed E-state index contributed by atoms with van der Waals surface area (Å²) < 4.78 is 27.8. The zero-order chi connectivity index (χ0) is 22.5. The molecular weight excluding hydrogens is 409 g/mol. The Kier molecular flexibility index (Phi) is 6.56. The van der Waals surface area contributed by atoms with Gasteiger partial charge >= 0.3 is 5.69 Å². The lowest BCUT2D eigenvalue weighted by Gasteiger charge is -2.17. The van der Waals surface area contributed by atoms with Gasteiger partial charge in [-0.2, -0.15) is 0 Å². The number of hydrogen-bond acceptors (Lipinski definition) is 4. The number of aromatic nitrogens is 2. The summed E-state index contributed by atoms with van der Waals surface area (Å²) in [5, 5.41) is 0. The Hall–Kier alpha value is -3.58. The number of nitrogens with zero attached hydrogens (tertiary/aromatic N) is 3. The molecule has 0 N–H and O–H groups in total. The molecule has 0 amide bonds. The van der Waals surface area contributed by atoms with Crippen molar-refractivity contribution in [1.82, 2.24) is 14.0 Å². The van der Waals surface area contributed by atoms with Crippen molar-refractivity contribution in [2.24, 2.45) is 0 Å². The molecule has 6 nitrogen and oxygen atoms in total. The van der Waals surface area contributed by atoms with Gasteiger partial charge in [0.05, 0.1) is 11.7 Å². The van der Waals surface area contributed by atoms with Crippen LogP contribution in [0.5, 0.6) is 11.5 Å². The van der Waals surface area contributed by atoms with Crippen LogP contribution in [0.15, 0.2) is 89.7 Å². The van der Waals surface area contributed by atoms with Gasteiger partial charge < -0.3 is 14.4 Å². The normalized spacial score (nSPS) is 15.6. The van der Waals surface area contributed by atoms with Crippen LogP contribution in [0.4, 0.5) is 4.39 Å². The highest BCUT2D eigenvalue weighted by atomic mass is 19.1. The van der Waals surface area contributed by atoms with Crippen molar-refractivity contribution < 1.29 is 13.9 Å². The molecule has 7 heteroatoms. The molecule has 32 heavy (non-hydrogen) atoms. The Bertz CT molecular complexity index is 1160. The third kappa shape index (κ3) is 5.18. The fourth-order valence-electron chi connectivity index (χ4n) is 3.40. The Morgan fingerprint density at radius 3 is 2.41 bits per heavy atom. The number of likely N-dealkylation sites (N-methyl/N-ethyl adjacent to an activating group) is 1. The molecule has 1 aliphatic carbocycles. The average molecular weight is 435 g/mol. The van der Waals surface area contributed by atoms with Crippen molar-refractivity contribution in [2.45, 2.75) is 12.5 Å². The highest BCUT2D eigenvalue weighted by Crippen LogP contribution is 2.23. The van der Waals surface area contributed by atoms with Gasteiger partial charge in [-0.05, 0) is 81.2 Å². The summed E-state index contributed by atoms with van der Waals surface area (Å²) in [6, 6.07) is 13.3. The molecule has 0 radical (unpaired) electrons. The molecule has 1 aliphatic rings. The minimum absolute atomic E-state index is 0.0991. The summed E-state index contributed by atoms with van der Waals surface area (Å²) in [5.74, 6) is 1.71. The van der Waals surface area contributed by atoms with E-state index in [4.69, 9.17) is 9.47 Å². The molecule has 0 fully saturated rings. The molecule has 4 rings (SSSR count). The van der Waals surface area contributed by atoms with E-state index in [1.54, 1.807) is 33.7 Å². The minimum atomic E-state index is -0.305. The van der Waals surface area contributed by atoms with Gasteiger partial charge in [0.15, 0.2) is 0 Å². The van der Waals surface area contributed by atoms with Crippen molar-refractivity contribution in [3.63, 3.8) is 0 Å². The molecule has 0 spiro atoms. The van der Waals surface area contributed by atoms with Crippen LogP contribution >= 0.6 is 0 Å². The van der Waals surface area contributed by atoms with Crippen LogP contribution in [-0.4, -0.2) is 41.3 Å². The molecule has 1 atom stereocenters. The van der Waals surface area contributed by atoms with E-state index in [1.165, 1.54) is 12.1 Å². The summed E-state index contributed by atoms with van der Waals surface area (Å²) >= 11 is 0. The van der Waals surface area contributed by atoms with Gasteiger partial charge in [-0.3, -0.25) is 9.13 Å². The number of ether oxygens (including phenoxy) is 2. The number of imidazole rings is 1. The van der Waals surface area contributed by atoms with Crippen LogP contribution in [-0.2, 0) is 0 Å². The maximum atomic E-state index is 13.0. The van der Waals surface area contributed by atoms with E-state index in [0.717, 1.165) is 18.0 Å². The Balaban J connectivity index is 1.40. The first-order valence-corrected chi connectivity index (χ1v) is 10.5. The Labute approximate surface area is 186 Å². The van der Waals surface area contributed by atoms with Crippen molar-refractivity contribution in [3.05, 3.63) is 101 Å². The van der Waals surface area contributed by atoms with Gasteiger partial charge in [0.2, 0.25) is 0 Å². The van der Waals surface area contributed by atoms with Gasteiger partial charge in [0.25, 0.3) is 0 Å². The van der Waals surface area contributed by atoms with Crippen molar-refractivity contribution in [1.29, 1.82) is 0 Å². The first kappa shape index (κ1) is 21.6. The number of halogens is 1. The Morgan fingerprint density at radius 2 is 1.75 bits per heavy atom. The van der Waals surface area contributed by atoms with Gasteiger partial charge in [-0.25, -0.2) is 9.18 Å². The lowest BCUT2D eigenvalue weighted by atomic mass is 10.1. The van der Waals surface area contributed by atoms with E-state index in [9.17, 15) is 9.18 Å². The first-order valence-electron chi connectivity index (χ1n) is 10.5. The van der Waals surface area contributed by atoms with E-state index >= 15 is 0 Å². The molecule has 3 aromatic rings. The summed E-state index contributed by atoms with van der Waals surface area (Å²) in [6.07, 6.45) is 9.88. The fourth-order valence-corrected chi connectivity index (χ4v) is 3.40. The van der Waals surface area contributed by atoms with E-state index in [-0.39, 0.29) is 17.5 Å². The van der Waals surface area contributed by atoms with E-state index in [1.807, 2.05) is 56.6 Å². The number of benzene rings is 2. The zero-order valence-electron chi connectivity index (χ0n) is 18.1. The molecule has 1 aromatic heterocycles. The first-order chi connectivity index (χ1) is 15.5. The molecule has 1 unspecified atom stereocenters. The standard InChI is InChI=1S/C25H26FN3O3/c1-27(2)17-18-31-22-11-5-20(6-12-22)28-15-16-29(25(28)30)21-7-13-24(14-8-21)32-23-9-3-19(26)4-10-23/h3-7,9-16,21H,8,17-18H2,1-2H3. The molecular formula is C25H26FN3O3. The molecule has 0 bridgehead atoms. The van der Waals surface area contributed by atoms with Gasteiger partial charge in [-0.15, -0.1) is 0 Å². The van der Waals surface area contributed by atoms with E-state index < -0.39 is 0 Å². The van der Waals surface area contributed by atoms with Crippen LogP contribution in [0.3, 0.4) is 0 Å². The fraction of sp³-hybridized carbons (Fsp3) is 0.240. The van der Waals surface area contributed by atoms with Crippen molar-refractivity contribution >= 4 is 0 Å². The predicted molar refractivity (Wildman–Crippen MR) is 122 cm³/mol. The molecule has 0 aliphatic heterocycles. The van der Waals surface area contributed by atoms with Crippen molar-refractivity contribution in [3.8, 4) is 17.2 Å². The van der Waals surface area contributed by atoms with Gasteiger partial charge in [-0.1, -0.05) is 6.08 Å². The summed E-state index contributed by atoms with van der Waals surface area (Å²) in [4.78, 5) is 15.0. The van der Waals surface area contributed by atoms with Gasteiger partial charge in [0.1, 0.15) is 29.7 Å². The van der Waals surface area contributed by atoms with Crippen molar-refractivity contribution in [2.75, 3.05) is 27.2 Å². The molecule has 1 heterocycles. The monoisotopic (exact) mass is 435 g/mol. The van der Waals surface area contributed by atoms with Crippen LogP contribution in [0.1, 0.15) is 12.5 Å². The van der Waals surface area contributed by atoms with Crippen LogP contribution in [0.25, 0.3) is 5.69 Å². The van der Waals surface area contributed by atoms with Crippen LogP contribution < -0.4 is 15.2 Å². The second-order valence-corrected chi connectivity index (χ2v) is 7.83. The molecule has 0 saturated heterocycles. The Morgan fingerprint density at radius 1 is 1.03 bits per heavy atom. The summed E-state index contributed by atoms with van der Waals surface area (Å²) in [7, 11) is 4.00. The maximum absolute atomic E-state index is 13.0. The quantitative estimate of drug-likeness (QED) is 0.533. The topological polar surface area (TPSA) is 48.6 Å². The highest BCUT2D eigenvalue weighted by Gasteiger charge is 2.16. The highest BCUT2D eigenvalue weighted by molar-refractivity contribution is 5.37. The smallest absolute Gasteiger partial charge is 0.333 e. The third-order valence-electron chi connectivity index (χ3n) is 5.18. The van der Waals surface area contributed by atoms with Crippen LogP contribution in [0, 0.1) is 5.82 Å². The second kappa shape index (κ2) is 9.70. The molecule has 166 valence electrons. The number of rotatable bonds is 8. The summed E-state index contributed by atoms with van der Waals surface area (Å²) in [6.45, 7) is 1.45. The minimum Gasteiger partial charge on any atom is -0.492 e. The zero-order valence-corrected chi connectivity index (χ0v) is 18.1. The predicted octanol–water partition coefficient (Wildman–Crippen LogP) is 4.18. The van der Waals surface area contributed by atoms with Gasteiger partial charge in [0, 0.05) is 18.9 Å². The largest absolute Gasteiger partial charge is 0.492 e. The third-order valence-corrected chi connectivity index (χ3v) is 5.18. The number of hydrogen-bond donors (Lipinski definition) is 0. The van der Waals surface area contributed by atoms with E-state index in [2.05, 4.69) is 4.90 Å². The van der Waals surface area contributed by atoms with E-state index in [0.29, 0.717) is 24.5 Å². The second-order valence-electron chi connectivity index (χ2n) is 7.83. The van der Waals surface area contributed by atoms with Crippen LogP contribution in [0.2, 0.25) is 0 Å². The molecule has 0 saturated carbocycles. The SMILES string of the molecule is CN(C)CCOc1ccc(-n2ccn(C3C=CC(Oc4ccc(F)cc4)=CC3)c2=O)cc1. The maximum Gasteiger partial charge on any atom is 0.333 e.